The van der Waals surface area contributed by atoms with Crippen molar-refractivity contribution < 1.29 is 14.3 Å². The highest BCUT2D eigenvalue weighted by Crippen LogP contribution is 2.24. The molecule has 0 bridgehead atoms. The molecule has 0 atom stereocenters. The molecule has 3 heterocycles. The molecular formula is C21H20N4O3. The average molecular weight is 376 g/mol. The van der Waals surface area contributed by atoms with Crippen LogP contribution >= 0.6 is 0 Å². The second-order valence-corrected chi connectivity index (χ2v) is 6.66. The van der Waals surface area contributed by atoms with Gasteiger partial charge in [0.25, 0.3) is 5.91 Å². The first-order chi connectivity index (χ1) is 13.6. The predicted octanol–water partition coefficient (Wildman–Crippen LogP) is 2.44. The largest absolute Gasteiger partial charge is 0.497 e. The first-order valence-corrected chi connectivity index (χ1v) is 9.02. The molecule has 1 aromatic carbocycles. The van der Waals surface area contributed by atoms with Gasteiger partial charge in [-0.2, -0.15) is 0 Å². The molecule has 7 nitrogen and oxygen atoms in total. The van der Waals surface area contributed by atoms with Crippen molar-refractivity contribution in [2.75, 3.05) is 31.6 Å². The summed E-state index contributed by atoms with van der Waals surface area (Å²) in [5.41, 5.74) is 2.71. The Morgan fingerprint density at radius 2 is 2.04 bits per heavy atom. The van der Waals surface area contributed by atoms with Crippen molar-refractivity contribution >= 4 is 28.4 Å². The maximum atomic E-state index is 13.0. The number of nitrogens with zero attached hydrogens (tertiary/aromatic N) is 4. The number of anilines is 1. The number of piperazine rings is 1. The van der Waals surface area contributed by atoms with Gasteiger partial charge in [-0.15, -0.1) is 0 Å². The zero-order valence-corrected chi connectivity index (χ0v) is 15.8. The molecule has 1 saturated heterocycles. The number of amides is 2. The van der Waals surface area contributed by atoms with Gasteiger partial charge in [0.1, 0.15) is 12.3 Å². The van der Waals surface area contributed by atoms with Gasteiger partial charge < -0.3 is 14.5 Å². The van der Waals surface area contributed by atoms with Crippen LogP contribution in [0, 0.1) is 6.92 Å². The van der Waals surface area contributed by atoms with Crippen LogP contribution in [0.3, 0.4) is 0 Å². The van der Waals surface area contributed by atoms with E-state index in [2.05, 4.69) is 9.97 Å². The van der Waals surface area contributed by atoms with Crippen molar-refractivity contribution in [1.29, 1.82) is 0 Å². The fraction of sp³-hybridized carbons (Fsp3) is 0.238. The minimum atomic E-state index is -0.186. The van der Waals surface area contributed by atoms with Gasteiger partial charge in [-0.05, 0) is 31.2 Å². The van der Waals surface area contributed by atoms with Crippen LogP contribution < -0.4 is 9.64 Å². The number of rotatable bonds is 3. The molecular weight excluding hydrogens is 356 g/mol. The Hall–Kier alpha value is -3.48. The number of carbonyl (C=O) groups is 2. The lowest BCUT2D eigenvalue weighted by Gasteiger charge is -2.34. The van der Waals surface area contributed by atoms with E-state index in [0.717, 1.165) is 16.6 Å². The molecule has 0 radical (unpaired) electrons. The number of benzene rings is 1. The van der Waals surface area contributed by atoms with E-state index >= 15 is 0 Å². The van der Waals surface area contributed by atoms with Gasteiger partial charge in [0.05, 0.1) is 23.9 Å². The standard InChI is InChI=1S/C21H20N4O3/c1-14-18(10-15-12-22-7-6-19(15)23-14)21(27)24-8-9-25(20(26)13-24)16-4-3-5-17(11-16)28-2/h3-7,10-12H,8-9,13H2,1-2H3. The smallest absolute Gasteiger partial charge is 0.256 e. The Morgan fingerprint density at radius 1 is 1.18 bits per heavy atom. The van der Waals surface area contributed by atoms with Crippen LogP contribution in [0.5, 0.6) is 5.75 Å². The van der Waals surface area contributed by atoms with Gasteiger partial charge in [0.2, 0.25) is 5.91 Å². The highest BCUT2D eigenvalue weighted by molar-refractivity contribution is 6.03. The van der Waals surface area contributed by atoms with E-state index in [1.807, 2.05) is 30.3 Å². The van der Waals surface area contributed by atoms with Crippen LogP contribution in [0.1, 0.15) is 16.1 Å². The summed E-state index contributed by atoms with van der Waals surface area (Å²) < 4.78 is 5.23. The molecule has 1 aliphatic heterocycles. The van der Waals surface area contributed by atoms with Crippen LogP contribution in [0.25, 0.3) is 10.9 Å². The monoisotopic (exact) mass is 376 g/mol. The van der Waals surface area contributed by atoms with Gasteiger partial charge in [0, 0.05) is 42.6 Å². The molecule has 7 heteroatoms. The van der Waals surface area contributed by atoms with Gasteiger partial charge >= 0.3 is 0 Å². The van der Waals surface area contributed by atoms with Crippen molar-refractivity contribution in [1.82, 2.24) is 14.9 Å². The summed E-state index contributed by atoms with van der Waals surface area (Å²) in [6, 6.07) is 11.0. The van der Waals surface area contributed by atoms with E-state index in [1.54, 1.807) is 42.3 Å². The van der Waals surface area contributed by atoms with E-state index < -0.39 is 0 Å². The van der Waals surface area contributed by atoms with Crippen LogP contribution in [-0.2, 0) is 4.79 Å². The topological polar surface area (TPSA) is 75.6 Å². The molecule has 0 unspecified atom stereocenters. The fourth-order valence-electron chi connectivity index (χ4n) is 3.40. The van der Waals surface area contributed by atoms with Gasteiger partial charge in [0.15, 0.2) is 0 Å². The summed E-state index contributed by atoms with van der Waals surface area (Å²) in [7, 11) is 1.59. The summed E-state index contributed by atoms with van der Waals surface area (Å²) >= 11 is 0. The molecule has 4 rings (SSSR count). The van der Waals surface area contributed by atoms with Gasteiger partial charge in [-0.25, -0.2) is 0 Å². The third-order valence-electron chi connectivity index (χ3n) is 4.91. The van der Waals surface area contributed by atoms with Crippen molar-refractivity contribution in [2.45, 2.75) is 6.92 Å². The maximum Gasteiger partial charge on any atom is 0.256 e. The highest BCUT2D eigenvalue weighted by Gasteiger charge is 2.29. The van der Waals surface area contributed by atoms with E-state index in [9.17, 15) is 9.59 Å². The molecule has 1 fully saturated rings. The van der Waals surface area contributed by atoms with Crippen molar-refractivity contribution in [3.05, 3.63) is 60.0 Å². The van der Waals surface area contributed by atoms with E-state index in [-0.39, 0.29) is 18.4 Å². The minimum absolute atomic E-state index is 0.0283. The Labute approximate surface area is 162 Å². The van der Waals surface area contributed by atoms with E-state index in [0.29, 0.717) is 30.1 Å². The Balaban J connectivity index is 1.55. The Bertz CT molecular complexity index is 1070. The van der Waals surface area contributed by atoms with Crippen LogP contribution in [0.4, 0.5) is 5.69 Å². The number of aryl methyl sites for hydroxylation is 1. The third kappa shape index (κ3) is 3.26. The van der Waals surface area contributed by atoms with Crippen LogP contribution in [0.2, 0.25) is 0 Å². The molecule has 142 valence electrons. The predicted molar refractivity (Wildman–Crippen MR) is 106 cm³/mol. The lowest BCUT2D eigenvalue weighted by Crippen LogP contribution is -2.52. The molecule has 2 aromatic heterocycles. The van der Waals surface area contributed by atoms with Gasteiger partial charge in [-0.1, -0.05) is 6.07 Å². The van der Waals surface area contributed by atoms with Crippen LogP contribution in [-0.4, -0.2) is 53.4 Å². The second kappa shape index (κ2) is 7.26. The summed E-state index contributed by atoms with van der Waals surface area (Å²) in [6.07, 6.45) is 3.36. The zero-order chi connectivity index (χ0) is 19.7. The molecule has 1 aliphatic rings. The fourth-order valence-corrected chi connectivity index (χ4v) is 3.40. The Kier molecular flexibility index (Phi) is 4.65. The lowest BCUT2D eigenvalue weighted by molar-refractivity contribution is -0.120. The SMILES string of the molecule is COc1cccc(N2CCN(C(=O)c3cc4cnccc4nc3C)CC2=O)c1. The summed E-state index contributed by atoms with van der Waals surface area (Å²) in [5, 5.41) is 0.804. The molecule has 3 aromatic rings. The van der Waals surface area contributed by atoms with Crippen molar-refractivity contribution in [3.8, 4) is 5.75 Å². The average Bonchev–Trinajstić information content (AvgIpc) is 2.72. The first-order valence-electron chi connectivity index (χ1n) is 9.02. The van der Waals surface area contributed by atoms with Crippen molar-refractivity contribution in [2.24, 2.45) is 0 Å². The highest BCUT2D eigenvalue weighted by atomic mass is 16.5. The molecule has 28 heavy (non-hydrogen) atoms. The minimum Gasteiger partial charge on any atom is -0.497 e. The third-order valence-corrected chi connectivity index (χ3v) is 4.91. The lowest BCUT2D eigenvalue weighted by atomic mass is 10.1. The second-order valence-electron chi connectivity index (χ2n) is 6.66. The maximum absolute atomic E-state index is 13.0. The number of hydrogen-bond acceptors (Lipinski definition) is 5. The van der Waals surface area contributed by atoms with Crippen molar-refractivity contribution in [3.63, 3.8) is 0 Å². The quantitative estimate of drug-likeness (QED) is 0.702. The molecule has 0 saturated carbocycles. The molecule has 0 aliphatic carbocycles. The molecule has 0 spiro atoms. The summed E-state index contributed by atoms with van der Waals surface area (Å²) in [6.45, 7) is 2.72. The number of aromatic nitrogens is 2. The van der Waals surface area contributed by atoms with E-state index in [4.69, 9.17) is 4.74 Å². The Morgan fingerprint density at radius 3 is 2.82 bits per heavy atom. The number of carbonyl (C=O) groups excluding carboxylic acids is 2. The van der Waals surface area contributed by atoms with Gasteiger partial charge in [-0.3, -0.25) is 19.6 Å². The molecule has 2 amide bonds. The number of hydrogen-bond donors (Lipinski definition) is 0. The van der Waals surface area contributed by atoms with Crippen LogP contribution in [0.15, 0.2) is 48.8 Å². The number of methoxy groups -OCH3 is 1. The molecule has 0 N–H and O–H groups in total. The normalized spacial score (nSPS) is 14.4. The summed E-state index contributed by atoms with van der Waals surface area (Å²) in [4.78, 5) is 37.6. The number of ether oxygens (including phenoxy) is 1. The zero-order valence-electron chi connectivity index (χ0n) is 15.8. The first kappa shape index (κ1) is 17.9. The summed E-state index contributed by atoms with van der Waals surface area (Å²) in [5.74, 6) is 0.380. The number of fused-ring (bicyclic) bond motifs is 1. The van der Waals surface area contributed by atoms with E-state index in [1.165, 1.54) is 0 Å². The number of pyridine rings is 2.